The molecule has 0 radical (unpaired) electrons. The SMILES string of the molecule is CCCC(CCC)OC(=O)[C@H]1CC(=O)O[C@@H]1c1ccc(C)cc1.CCc1ccccc1. The van der Waals surface area contributed by atoms with Crippen molar-refractivity contribution in [1.82, 2.24) is 0 Å². The second-order valence-corrected chi connectivity index (χ2v) is 8.11. The summed E-state index contributed by atoms with van der Waals surface area (Å²) in [4.78, 5) is 24.3. The molecule has 1 saturated heterocycles. The molecule has 1 fully saturated rings. The summed E-state index contributed by atoms with van der Waals surface area (Å²) < 4.78 is 11.1. The quantitative estimate of drug-likeness (QED) is 0.463. The molecule has 4 heteroatoms. The molecule has 31 heavy (non-hydrogen) atoms. The van der Waals surface area contributed by atoms with E-state index in [2.05, 4.69) is 45.0 Å². The molecule has 3 rings (SSSR count). The number of esters is 2. The molecule has 0 N–H and O–H groups in total. The minimum Gasteiger partial charge on any atom is -0.462 e. The molecular formula is C27H36O4. The second kappa shape index (κ2) is 12.9. The Hall–Kier alpha value is -2.62. The van der Waals surface area contributed by atoms with Crippen LogP contribution in [0.2, 0.25) is 0 Å². The van der Waals surface area contributed by atoms with Gasteiger partial charge in [0.05, 0.1) is 6.42 Å². The monoisotopic (exact) mass is 424 g/mol. The number of hydrogen-bond acceptors (Lipinski definition) is 4. The Balaban J connectivity index is 0.000000357. The average molecular weight is 425 g/mol. The predicted molar refractivity (Wildman–Crippen MR) is 124 cm³/mol. The van der Waals surface area contributed by atoms with E-state index in [1.54, 1.807) is 0 Å². The van der Waals surface area contributed by atoms with Gasteiger partial charge in [0.1, 0.15) is 18.1 Å². The van der Waals surface area contributed by atoms with Crippen molar-refractivity contribution in [2.75, 3.05) is 0 Å². The zero-order valence-electron chi connectivity index (χ0n) is 19.3. The lowest BCUT2D eigenvalue weighted by Gasteiger charge is -2.21. The third-order valence-corrected chi connectivity index (χ3v) is 5.47. The summed E-state index contributed by atoms with van der Waals surface area (Å²) >= 11 is 0. The van der Waals surface area contributed by atoms with Crippen molar-refractivity contribution >= 4 is 11.9 Å². The summed E-state index contributed by atoms with van der Waals surface area (Å²) in [6.45, 7) is 8.31. The molecular weight excluding hydrogens is 388 g/mol. The number of ether oxygens (including phenoxy) is 2. The highest BCUT2D eigenvalue weighted by Gasteiger charge is 2.42. The van der Waals surface area contributed by atoms with Crippen LogP contribution in [0.5, 0.6) is 0 Å². The third kappa shape index (κ3) is 7.86. The van der Waals surface area contributed by atoms with Gasteiger partial charge in [-0.2, -0.15) is 0 Å². The lowest BCUT2D eigenvalue weighted by molar-refractivity contribution is -0.157. The first-order valence-electron chi connectivity index (χ1n) is 11.5. The Morgan fingerprint density at radius 2 is 1.61 bits per heavy atom. The molecule has 1 heterocycles. The van der Waals surface area contributed by atoms with Gasteiger partial charge in [0.15, 0.2) is 0 Å². The molecule has 0 aliphatic carbocycles. The zero-order valence-corrected chi connectivity index (χ0v) is 19.3. The fraction of sp³-hybridized carbons (Fsp3) is 0.481. The normalized spacial score (nSPS) is 17.6. The third-order valence-electron chi connectivity index (χ3n) is 5.47. The van der Waals surface area contributed by atoms with Crippen LogP contribution >= 0.6 is 0 Å². The fourth-order valence-electron chi connectivity index (χ4n) is 3.69. The van der Waals surface area contributed by atoms with Gasteiger partial charge < -0.3 is 9.47 Å². The topological polar surface area (TPSA) is 52.6 Å². The van der Waals surface area contributed by atoms with Gasteiger partial charge in [-0.15, -0.1) is 0 Å². The Bertz CT molecular complexity index is 792. The molecule has 2 aromatic rings. The van der Waals surface area contributed by atoms with Gasteiger partial charge >= 0.3 is 11.9 Å². The number of benzene rings is 2. The summed E-state index contributed by atoms with van der Waals surface area (Å²) in [6.07, 6.45) is 4.31. The van der Waals surface area contributed by atoms with Gasteiger partial charge in [0.25, 0.3) is 0 Å². The summed E-state index contributed by atoms with van der Waals surface area (Å²) in [5, 5.41) is 0. The van der Waals surface area contributed by atoms with E-state index in [1.807, 2.05) is 37.3 Å². The van der Waals surface area contributed by atoms with Gasteiger partial charge in [-0.1, -0.05) is 93.8 Å². The van der Waals surface area contributed by atoms with Crippen LogP contribution in [-0.4, -0.2) is 18.0 Å². The highest BCUT2D eigenvalue weighted by Crippen LogP contribution is 2.36. The molecule has 0 amide bonds. The maximum absolute atomic E-state index is 12.5. The van der Waals surface area contributed by atoms with Gasteiger partial charge in [0.2, 0.25) is 0 Å². The fourth-order valence-corrected chi connectivity index (χ4v) is 3.69. The number of rotatable bonds is 8. The van der Waals surface area contributed by atoms with Crippen LogP contribution in [0.1, 0.15) is 75.7 Å². The minimum atomic E-state index is -0.540. The van der Waals surface area contributed by atoms with Crippen LogP contribution in [0.25, 0.3) is 0 Å². The predicted octanol–water partition coefficient (Wildman–Crippen LogP) is 6.36. The molecule has 1 aliphatic heterocycles. The van der Waals surface area contributed by atoms with Gasteiger partial charge in [-0.3, -0.25) is 9.59 Å². The van der Waals surface area contributed by atoms with Crippen LogP contribution < -0.4 is 0 Å². The molecule has 4 nitrogen and oxygen atoms in total. The molecule has 0 bridgehead atoms. The van der Waals surface area contributed by atoms with E-state index in [0.717, 1.165) is 43.2 Å². The first-order valence-corrected chi connectivity index (χ1v) is 11.5. The number of hydrogen-bond donors (Lipinski definition) is 0. The molecule has 0 unspecified atom stereocenters. The van der Waals surface area contributed by atoms with Crippen molar-refractivity contribution in [3.05, 3.63) is 71.3 Å². The van der Waals surface area contributed by atoms with Crippen molar-refractivity contribution in [1.29, 1.82) is 0 Å². The molecule has 168 valence electrons. The van der Waals surface area contributed by atoms with Crippen molar-refractivity contribution in [2.45, 2.75) is 78.4 Å². The number of carbonyl (C=O) groups excluding carboxylic acids is 2. The largest absolute Gasteiger partial charge is 0.462 e. The molecule has 0 saturated carbocycles. The summed E-state index contributed by atoms with van der Waals surface area (Å²) in [6, 6.07) is 18.2. The van der Waals surface area contributed by atoms with E-state index in [9.17, 15) is 9.59 Å². The molecule has 2 aromatic carbocycles. The Labute approximate surface area is 187 Å². The number of carbonyl (C=O) groups is 2. The van der Waals surface area contributed by atoms with E-state index in [4.69, 9.17) is 9.47 Å². The second-order valence-electron chi connectivity index (χ2n) is 8.11. The lowest BCUT2D eigenvalue weighted by atomic mass is 9.94. The Kier molecular flexibility index (Phi) is 10.3. The molecule has 0 aromatic heterocycles. The highest BCUT2D eigenvalue weighted by molar-refractivity contribution is 5.84. The van der Waals surface area contributed by atoms with E-state index in [0.29, 0.717) is 0 Å². The highest BCUT2D eigenvalue weighted by atomic mass is 16.6. The van der Waals surface area contributed by atoms with Crippen molar-refractivity contribution < 1.29 is 19.1 Å². The first-order chi connectivity index (χ1) is 15.0. The van der Waals surface area contributed by atoms with Crippen LogP contribution in [-0.2, 0) is 25.5 Å². The van der Waals surface area contributed by atoms with Crippen LogP contribution in [0.4, 0.5) is 0 Å². The molecule has 0 spiro atoms. The van der Waals surface area contributed by atoms with E-state index in [1.165, 1.54) is 5.56 Å². The van der Waals surface area contributed by atoms with Crippen molar-refractivity contribution in [3.63, 3.8) is 0 Å². The van der Waals surface area contributed by atoms with E-state index >= 15 is 0 Å². The maximum Gasteiger partial charge on any atom is 0.313 e. The number of aryl methyl sites for hydroxylation is 2. The van der Waals surface area contributed by atoms with Crippen LogP contribution in [0, 0.1) is 12.8 Å². The Morgan fingerprint density at radius 3 is 2.13 bits per heavy atom. The molecule has 1 aliphatic rings. The zero-order chi connectivity index (χ0) is 22.6. The standard InChI is InChI=1S/C19H26O4.C8H10/c1-4-6-15(7-5-2)22-19(21)16-12-17(20)23-18(16)14-10-8-13(3)9-11-14;1-2-8-6-4-3-5-7-8/h8-11,15-16,18H,4-7,12H2,1-3H3;3-7H,2H2,1H3/t16-,18+;/m0./s1. The Morgan fingerprint density at radius 1 is 1.00 bits per heavy atom. The van der Waals surface area contributed by atoms with Gasteiger partial charge in [-0.05, 0) is 37.3 Å². The van der Waals surface area contributed by atoms with Crippen molar-refractivity contribution in [2.24, 2.45) is 5.92 Å². The lowest BCUT2D eigenvalue weighted by Crippen LogP contribution is -2.26. The number of cyclic esters (lactones) is 1. The smallest absolute Gasteiger partial charge is 0.313 e. The van der Waals surface area contributed by atoms with Crippen LogP contribution in [0.3, 0.4) is 0 Å². The minimum absolute atomic E-state index is 0.0631. The summed E-state index contributed by atoms with van der Waals surface area (Å²) in [7, 11) is 0. The summed E-state index contributed by atoms with van der Waals surface area (Å²) in [5.41, 5.74) is 3.39. The van der Waals surface area contributed by atoms with Crippen molar-refractivity contribution in [3.8, 4) is 0 Å². The van der Waals surface area contributed by atoms with Crippen LogP contribution in [0.15, 0.2) is 54.6 Å². The van der Waals surface area contributed by atoms with E-state index in [-0.39, 0.29) is 24.5 Å². The van der Waals surface area contributed by atoms with E-state index < -0.39 is 12.0 Å². The average Bonchev–Trinajstić information content (AvgIpc) is 3.17. The first kappa shape index (κ1) is 24.6. The summed E-state index contributed by atoms with van der Waals surface area (Å²) in [5.74, 6) is -1.19. The van der Waals surface area contributed by atoms with Gasteiger partial charge in [0, 0.05) is 0 Å². The molecule has 2 atom stereocenters. The maximum atomic E-state index is 12.5. The van der Waals surface area contributed by atoms with Gasteiger partial charge in [-0.25, -0.2) is 0 Å².